The highest BCUT2D eigenvalue weighted by atomic mass is 16.8. The van der Waals surface area contributed by atoms with Crippen molar-refractivity contribution in [1.82, 2.24) is 21.3 Å². The summed E-state index contributed by atoms with van der Waals surface area (Å²) in [6.07, 6.45) is -84.7. The molecule has 50 nitrogen and oxygen atoms in total. The van der Waals surface area contributed by atoms with Gasteiger partial charge in [0.05, 0.1) is 59.5 Å². The SMILES string of the molecule is CC(=O)N[C@@H]1[C@@H](O)[C@H](O[C@@H]2O[C@H](CO)[C@@H](O[C@@H]3O[C@H](CO[C@H]4O[C@H](CO)[C@@H](O)[C@H](O)[C@@H]4O[C@@H]4O[C@H](CO)[C@@H](O[C@@H]5O[C@H](CO)[C@H](O[C@H]6O[C@H](CO)[C@H](O)[C@H](O)[C@H]6O)[C@H](O)[C@H]5O)[C@H](O)[C@H]4NC(C)=O)[C@@H](O)[C@H](O[C@H]4O[C@H](CO)[C@@H](O)[C@H](O)[C@@H]4O[C@@H]4O[C@H](CO)[C@@H](O)[C@H](O)[C@H]4NC(C)=O)[C@@H]3O)[C@H](O)[C@H]2NC(C)=O)[C@@H](CO)O[C@H]1O. The van der Waals surface area contributed by atoms with Crippen LogP contribution in [0.2, 0.25) is 0 Å². The van der Waals surface area contributed by atoms with Gasteiger partial charge < -0.3 is 229 Å². The maximum atomic E-state index is 13.0. The van der Waals surface area contributed by atoms with Crippen LogP contribution in [0.5, 0.6) is 0 Å². The lowest BCUT2D eigenvalue weighted by atomic mass is 9.93. The Morgan fingerprint density at radius 3 is 0.911 bits per heavy atom. The predicted octanol–water partition coefficient (Wildman–Crippen LogP) is -20.1. The molecular weight excluding hydrogens is 1540 g/mol. The van der Waals surface area contributed by atoms with Crippen LogP contribution >= 0.6 is 0 Å². The van der Waals surface area contributed by atoms with E-state index in [1.165, 1.54) is 0 Å². The maximum absolute atomic E-state index is 13.0. The Morgan fingerprint density at radius 2 is 0.491 bits per heavy atom. The fourth-order valence-electron chi connectivity index (χ4n) is 14.5. The van der Waals surface area contributed by atoms with Crippen LogP contribution in [0.25, 0.3) is 0 Å². The fourth-order valence-corrected chi connectivity index (χ4v) is 14.5. The quantitative estimate of drug-likeness (QED) is 0.0331. The molecule has 648 valence electrons. The average Bonchev–Trinajstić information content (AvgIpc) is 0.766. The topological polar surface area (TPSA) is 779 Å². The van der Waals surface area contributed by atoms with Crippen molar-refractivity contribution < 1.29 is 227 Å². The van der Waals surface area contributed by atoms with E-state index in [2.05, 4.69) is 21.3 Å². The van der Waals surface area contributed by atoms with Crippen LogP contribution in [-0.2, 0) is 99.7 Å². The molecule has 0 unspecified atom stereocenters. The number of amides is 4. The molecule has 9 heterocycles. The summed E-state index contributed by atoms with van der Waals surface area (Å²) < 4.78 is 100. The number of aliphatic hydroxyl groups excluding tert-OH is 25. The lowest BCUT2D eigenvalue weighted by molar-refractivity contribution is -0.397. The van der Waals surface area contributed by atoms with E-state index in [9.17, 15) is 147 Å². The van der Waals surface area contributed by atoms with E-state index in [0.29, 0.717) is 0 Å². The van der Waals surface area contributed by atoms with Crippen molar-refractivity contribution in [2.45, 2.75) is 304 Å². The molecule has 4 amide bonds. The molecule has 9 fully saturated rings. The number of aliphatic hydroxyl groups is 25. The van der Waals surface area contributed by atoms with E-state index < -0.39 is 359 Å². The van der Waals surface area contributed by atoms with Crippen LogP contribution in [-0.4, -0.2) is 487 Å². The summed E-state index contributed by atoms with van der Waals surface area (Å²) in [6, 6.07) is -7.29. The van der Waals surface area contributed by atoms with Gasteiger partial charge in [0, 0.05) is 27.7 Å². The lowest BCUT2D eigenvalue weighted by Crippen LogP contribution is -2.70. The third-order valence-corrected chi connectivity index (χ3v) is 20.4. The van der Waals surface area contributed by atoms with E-state index in [4.69, 9.17) is 80.5 Å². The van der Waals surface area contributed by atoms with Crippen LogP contribution in [0.1, 0.15) is 27.7 Å². The molecule has 0 aliphatic carbocycles. The number of hydrogen-bond donors (Lipinski definition) is 29. The van der Waals surface area contributed by atoms with Crippen molar-refractivity contribution in [3.05, 3.63) is 0 Å². The summed E-state index contributed by atoms with van der Waals surface area (Å²) in [7, 11) is 0. The molecule has 45 atom stereocenters. The van der Waals surface area contributed by atoms with E-state index in [1.807, 2.05) is 0 Å². The van der Waals surface area contributed by atoms with Gasteiger partial charge in [0.15, 0.2) is 56.6 Å². The van der Waals surface area contributed by atoms with Gasteiger partial charge in [-0.1, -0.05) is 0 Å². The third-order valence-electron chi connectivity index (χ3n) is 20.4. The number of nitrogens with one attached hydrogen (secondary N) is 4. The monoisotopic (exact) mass is 1640 g/mol. The molecule has 50 heteroatoms. The van der Waals surface area contributed by atoms with Crippen LogP contribution in [0.3, 0.4) is 0 Å². The standard InChI is InChI=1S/C62H104N4O46/c1-14(75)63-27-37(85)47(22(9-71)97-54(27)95)106-56-29(65-16(3)77)38(86)49(24(11-73)102-56)108-60-46(94)51(110-62-53(42(90)34(82)21(8-70)101-62)112-55-28(64-15(2)76)36(84)31(79)18(5-67)98-55)35(83)26(105-60)13-96-61-52(41(89)33(81)20(7-69)100-61)111-57-30(66-17(4)78)39(87)48(23(10-72)103-57)107-59-45(93)43(91)50(25(12-74)104-59)109-58-44(92)40(88)32(80)19(6-68)99-58/h18-62,67-74,79-95H,5-13H2,1-4H3,(H,63,75)(H,64,76)(H,65,77)(H,66,78)/t18-,19-,20-,21-,22-,23-,24-,25-,26-,27-,28-,29-,30-,31-,32+,33-,34-,35-,36-,37-,38-,39-,40+,41+,42+,43-,44-,45-,46+,47-,48-,49-,50+,51+,52+,53+,54-,55+,56+,57+,58-,59+,60+,61+,62-/m1/s1. The molecule has 9 aliphatic rings. The van der Waals surface area contributed by atoms with Crippen molar-refractivity contribution in [2.24, 2.45) is 0 Å². The first-order chi connectivity index (χ1) is 53.0. The first-order valence-electron chi connectivity index (χ1n) is 35.6. The van der Waals surface area contributed by atoms with E-state index >= 15 is 0 Å². The van der Waals surface area contributed by atoms with Crippen LogP contribution in [0.4, 0.5) is 0 Å². The van der Waals surface area contributed by atoms with E-state index in [-0.39, 0.29) is 0 Å². The lowest BCUT2D eigenvalue weighted by Gasteiger charge is -2.51. The Kier molecular flexibility index (Phi) is 33.1. The van der Waals surface area contributed by atoms with Gasteiger partial charge >= 0.3 is 0 Å². The predicted molar refractivity (Wildman–Crippen MR) is 343 cm³/mol. The fraction of sp³-hybridized carbons (Fsp3) is 0.935. The summed E-state index contributed by atoms with van der Waals surface area (Å²) in [5, 5.41) is 286. The van der Waals surface area contributed by atoms with Crippen molar-refractivity contribution in [1.29, 1.82) is 0 Å². The highest BCUT2D eigenvalue weighted by molar-refractivity contribution is 5.74. The molecule has 0 saturated carbocycles. The molecule has 9 rings (SSSR count). The summed E-state index contributed by atoms with van der Waals surface area (Å²) >= 11 is 0. The van der Waals surface area contributed by atoms with E-state index in [0.717, 1.165) is 27.7 Å². The first-order valence-corrected chi connectivity index (χ1v) is 35.6. The van der Waals surface area contributed by atoms with Gasteiger partial charge in [-0.3, -0.25) is 19.2 Å². The van der Waals surface area contributed by atoms with Gasteiger partial charge in [-0.2, -0.15) is 0 Å². The number of ether oxygens (including phenoxy) is 17. The van der Waals surface area contributed by atoms with Crippen molar-refractivity contribution >= 4 is 23.6 Å². The molecule has 0 aromatic carbocycles. The minimum Gasteiger partial charge on any atom is -0.394 e. The number of hydrogen-bond acceptors (Lipinski definition) is 46. The molecule has 0 radical (unpaired) electrons. The van der Waals surface area contributed by atoms with Gasteiger partial charge in [-0.05, 0) is 0 Å². The summed E-state index contributed by atoms with van der Waals surface area (Å²) in [4.78, 5) is 50.6. The number of carbonyl (C=O) groups excluding carboxylic acids is 4. The smallest absolute Gasteiger partial charge is 0.217 e. The Hall–Kier alpha value is -3.80. The second-order valence-corrected chi connectivity index (χ2v) is 28.2. The van der Waals surface area contributed by atoms with Crippen LogP contribution < -0.4 is 21.3 Å². The summed E-state index contributed by atoms with van der Waals surface area (Å²) in [5.41, 5.74) is 0. The molecule has 0 aromatic rings. The van der Waals surface area contributed by atoms with Gasteiger partial charge in [0.1, 0.15) is 219 Å². The molecule has 9 saturated heterocycles. The largest absolute Gasteiger partial charge is 0.394 e. The van der Waals surface area contributed by atoms with Crippen molar-refractivity contribution in [3.8, 4) is 0 Å². The first kappa shape index (κ1) is 92.1. The van der Waals surface area contributed by atoms with Gasteiger partial charge in [-0.15, -0.1) is 0 Å². The van der Waals surface area contributed by atoms with Gasteiger partial charge in [0.2, 0.25) is 23.6 Å². The van der Waals surface area contributed by atoms with Gasteiger partial charge in [-0.25, -0.2) is 0 Å². The highest BCUT2D eigenvalue weighted by Gasteiger charge is 2.61. The van der Waals surface area contributed by atoms with Gasteiger partial charge in [0.25, 0.3) is 0 Å². The number of carbonyl (C=O) groups is 4. The molecule has 9 aliphatic heterocycles. The zero-order valence-electron chi connectivity index (χ0n) is 60.1. The third kappa shape index (κ3) is 20.2. The minimum absolute atomic E-state index is 0.782. The molecule has 0 bridgehead atoms. The summed E-state index contributed by atoms with van der Waals surface area (Å²) in [6.45, 7) is -5.92. The Bertz CT molecular complexity index is 2970. The second-order valence-electron chi connectivity index (χ2n) is 28.2. The van der Waals surface area contributed by atoms with Crippen LogP contribution in [0, 0.1) is 0 Å². The highest BCUT2D eigenvalue weighted by Crippen LogP contribution is 2.40. The maximum Gasteiger partial charge on any atom is 0.217 e. The Morgan fingerprint density at radius 1 is 0.232 bits per heavy atom. The normalized spacial score (nSPS) is 48.9. The molecule has 29 N–H and O–H groups in total. The van der Waals surface area contributed by atoms with Crippen LogP contribution in [0.15, 0.2) is 0 Å². The van der Waals surface area contributed by atoms with E-state index in [1.54, 1.807) is 0 Å². The Balaban J connectivity index is 1.02. The molecule has 0 spiro atoms. The molecule has 112 heavy (non-hydrogen) atoms. The molecule has 0 aromatic heterocycles. The zero-order chi connectivity index (χ0) is 82.5. The average molecular weight is 1640 g/mol. The number of rotatable bonds is 29. The van der Waals surface area contributed by atoms with Crippen molar-refractivity contribution in [2.75, 3.05) is 59.5 Å². The zero-order valence-corrected chi connectivity index (χ0v) is 60.1. The molecular formula is C62H104N4O46. The van der Waals surface area contributed by atoms with Crippen molar-refractivity contribution in [3.63, 3.8) is 0 Å². The second kappa shape index (κ2) is 40.3. The Labute approximate surface area is 634 Å². The minimum atomic E-state index is -2.53. The summed E-state index contributed by atoms with van der Waals surface area (Å²) in [5.74, 6) is -3.55.